The fourth-order valence-corrected chi connectivity index (χ4v) is 0.730. The molecule has 0 aliphatic rings. The van der Waals surface area contributed by atoms with Gasteiger partial charge in [0.05, 0.1) is 7.45 Å². The highest BCUT2D eigenvalue weighted by atomic mass is 79.9. The molecule has 0 fully saturated rings. The molecule has 4 heteroatoms. The molecule has 0 saturated carbocycles. The van der Waals surface area contributed by atoms with Crippen molar-refractivity contribution in [2.45, 2.75) is 19.8 Å². The Kier molecular flexibility index (Phi) is 1.00. The molecule has 0 aliphatic carbocycles. The van der Waals surface area contributed by atoms with E-state index in [9.17, 15) is 0 Å². The summed E-state index contributed by atoms with van der Waals surface area (Å²) in [5.41, 5.74) is 0. The van der Waals surface area contributed by atoms with Crippen LogP contribution >= 0.6 is 15.9 Å². The molecule has 0 amide bonds. The summed E-state index contributed by atoms with van der Waals surface area (Å²) in [5, 5.41) is 0. The Morgan fingerprint density at radius 2 is 2.64 bits per heavy atom. The number of aromatic nitrogens is 2. The lowest BCUT2D eigenvalue weighted by Gasteiger charge is -2.06. The number of halogens is 1. The van der Waals surface area contributed by atoms with Crippen molar-refractivity contribution in [2.24, 2.45) is 0 Å². The second kappa shape index (κ2) is 3.67. The van der Waals surface area contributed by atoms with Gasteiger partial charge in [-0.15, -0.1) is 0 Å². The summed E-state index contributed by atoms with van der Waals surface area (Å²) < 4.78 is 55.4. The third kappa shape index (κ3) is 2.84. The summed E-state index contributed by atoms with van der Waals surface area (Å²) in [4.78, 5) is 7.22. The first kappa shape index (κ1) is 3.01. The standard InChI is InChI=1S/C7H9BrN2O/c1-5(2)11-7-9-4-3-6(8)10-7/h3-5H,1-2H3/i1D3,2D3,5D. The Hall–Kier alpha value is -0.640. The van der Waals surface area contributed by atoms with Gasteiger partial charge in [-0.25, -0.2) is 4.98 Å². The first-order chi connectivity index (χ1) is 7.97. The van der Waals surface area contributed by atoms with Crippen LogP contribution in [0.2, 0.25) is 0 Å². The van der Waals surface area contributed by atoms with Crippen molar-refractivity contribution < 1.29 is 14.3 Å². The topological polar surface area (TPSA) is 35.0 Å². The van der Waals surface area contributed by atoms with Crippen LogP contribution < -0.4 is 4.74 Å². The highest BCUT2D eigenvalue weighted by molar-refractivity contribution is 9.10. The lowest BCUT2D eigenvalue weighted by Crippen LogP contribution is -2.08. The van der Waals surface area contributed by atoms with Gasteiger partial charge in [-0.2, -0.15) is 4.98 Å². The van der Waals surface area contributed by atoms with E-state index in [4.69, 9.17) is 14.3 Å². The van der Waals surface area contributed by atoms with Crippen molar-refractivity contribution in [3.63, 3.8) is 0 Å². The molecule has 60 valence electrons. The summed E-state index contributed by atoms with van der Waals surface area (Å²) >= 11 is 3.00. The molecule has 0 radical (unpaired) electrons. The van der Waals surface area contributed by atoms with Crippen molar-refractivity contribution in [2.75, 3.05) is 0 Å². The van der Waals surface area contributed by atoms with Gasteiger partial charge >= 0.3 is 6.01 Å². The minimum Gasteiger partial charge on any atom is -0.461 e. The molecule has 0 aromatic carbocycles. The maximum atomic E-state index is 7.59. The highest BCUT2D eigenvalue weighted by Crippen LogP contribution is 2.09. The van der Waals surface area contributed by atoms with E-state index in [2.05, 4.69) is 25.9 Å². The minimum atomic E-state index is -3.18. The molecule has 1 aromatic rings. The van der Waals surface area contributed by atoms with E-state index in [0.717, 1.165) is 0 Å². The molecule has 1 aromatic heterocycles. The molecule has 1 rings (SSSR count). The van der Waals surface area contributed by atoms with Gasteiger partial charge in [0.2, 0.25) is 0 Å². The third-order valence-corrected chi connectivity index (χ3v) is 1.23. The predicted molar refractivity (Wildman–Crippen MR) is 45.5 cm³/mol. The Morgan fingerprint density at radius 1 is 1.82 bits per heavy atom. The minimum absolute atomic E-state index is 0.283. The average Bonchev–Trinajstić information content (AvgIpc) is 2.13. The van der Waals surface area contributed by atoms with Gasteiger partial charge in [-0.05, 0) is 35.7 Å². The second-order valence-electron chi connectivity index (χ2n) is 1.59. The van der Waals surface area contributed by atoms with Crippen LogP contribution in [0.5, 0.6) is 6.01 Å². The molecule has 0 unspecified atom stereocenters. The van der Waals surface area contributed by atoms with E-state index in [0.29, 0.717) is 0 Å². The molecule has 0 atom stereocenters. The van der Waals surface area contributed by atoms with Gasteiger partial charge in [-0.3, -0.25) is 0 Å². The average molecular weight is 224 g/mol. The number of rotatable bonds is 2. The van der Waals surface area contributed by atoms with Gasteiger partial charge in [0.1, 0.15) is 4.60 Å². The first-order valence-electron chi connectivity index (χ1n) is 6.15. The van der Waals surface area contributed by atoms with Crippen LogP contribution in [0.3, 0.4) is 0 Å². The quantitative estimate of drug-likeness (QED) is 0.721. The fraction of sp³-hybridized carbons (Fsp3) is 0.429. The van der Waals surface area contributed by atoms with Gasteiger partial charge in [0.15, 0.2) is 0 Å². The Morgan fingerprint density at radius 3 is 3.27 bits per heavy atom. The van der Waals surface area contributed by atoms with Crippen LogP contribution in [0.25, 0.3) is 0 Å². The number of hydrogen-bond donors (Lipinski definition) is 0. The molecule has 0 aliphatic heterocycles. The highest BCUT2D eigenvalue weighted by Gasteiger charge is 1.99. The zero-order chi connectivity index (χ0) is 14.2. The largest absolute Gasteiger partial charge is 0.461 e. The van der Waals surface area contributed by atoms with E-state index in [1.54, 1.807) is 0 Å². The first-order valence-corrected chi connectivity index (χ1v) is 3.44. The Bertz CT molecular complexity index is 419. The third-order valence-electron chi connectivity index (χ3n) is 0.793. The van der Waals surface area contributed by atoms with Crippen molar-refractivity contribution >= 4 is 15.9 Å². The van der Waals surface area contributed by atoms with Crippen LogP contribution in [-0.4, -0.2) is 16.0 Å². The molecule has 0 spiro atoms. The lowest BCUT2D eigenvalue weighted by molar-refractivity contribution is 0.221. The van der Waals surface area contributed by atoms with Crippen molar-refractivity contribution in [3.8, 4) is 6.01 Å². The molecule has 0 bridgehead atoms. The molecule has 1 heterocycles. The zero-order valence-electron chi connectivity index (χ0n) is 12.3. The van der Waals surface area contributed by atoms with Crippen molar-refractivity contribution in [1.29, 1.82) is 0 Å². The van der Waals surface area contributed by atoms with Crippen LogP contribution in [0.1, 0.15) is 23.3 Å². The summed E-state index contributed by atoms with van der Waals surface area (Å²) in [6.45, 7) is -6.35. The van der Waals surface area contributed by atoms with Crippen molar-refractivity contribution in [1.82, 2.24) is 9.97 Å². The van der Waals surface area contributed by atoms with Crippen molar-refractivity contribution in [3.05, 3.63) is 16.9 Å². The van der Waals surface area contributed by atoms with E-state index >= 15 is 0 Å². The summed E-state index contributed by atoms with van der Waals surface area (Å²) in [5.74, 6) is 0. The maximum Gasteiger partial charge on any atom is 0.317 e. The van der Waals surface area contributed by atoms with E-state index in [1.165, 1.54) is 12.3 Å². The molecule has 0 saturated heterocycles. The van der Waals surface area contributed by atoms with Crippen LogP contribution in [0.15, 0.2) is 16.9 Å². The number of nitrogens with zero attached hydrogens (tertiary/aromatic N) is 2. The lowest BCUT2D eigenvalue weighted by atomic mass is 10.5. The SMILES string of the molecule is [2H]C([2H])([2H])C([2H])(Oc1nccc(Br)n1)C([2H])([2H])[2H]. The second-order valence-corrected chi connectivity index (χ2v) is 2.41. The van der Waals surface area contributed by atoms with E-state index < -0.39 is 25.8 Å². The monoisotopic (exact) mass is 223 g/mol. The molecule has 11 heavy (non-hydrogen) atoms. The van der Waals surface area contributed by atoms with Gasteiger partial charge in [-0.1, -0.05) is 0 Å². The number of ether oxygens (including phenoxy) is 1. The van der Waals surface area contributed by atoms with Gasteiger partial charge < -0.3 is 4.74 Å². The van der Waals surface area contributed by atoms with Crippen LogP contribution in [-0.2, 0) is 0 Å². The summed E-state index contributed by atoms with van der Waals surface area (Å²) in [7, 11) is 0. The molecule has 0 N–H and O–H groups in total. The summed E-state index contributed by atoms with van der Waals surface area (Å²) in [6.07, 6.45) is -1.88. The fourth-order valence-electron chi connectivity index (χ4n) is 0.461. The molecular formula is C7H9BrN2O. The zero-order valence-corrected chi connectivity index (χ0v) is 6.92. The van der Waals surface area contributed by atoms with E-state index in [1.807, 2.05) is 0 Å². The smallest absolute Gasteiger partial charge is 0.317 e. The van der Waals surface area contributed by atoms with Gasteiger partial charge in [0.25, 0.3) is 0 Å². The Labute approximate surface area is 83.8 Å². The van der Waals surface area contributed by atoms with E-state index in [-0.39, 0.29) is 4.60 Å². The normalized spacial score (nSPS) is 22.8. The maximum absolute atomic E-state index is 7.59. The Balaban J connectivity index is 3.16. The predicted octanol–water partition coefficient (Wildman–Crippen LogP) is 2.03. The molecular weight excluding hydrogens is 208 g/mol. The number of hydrogen-bond acceptors (Lipinski definition) is 3. The van der Waals surface area contributed by atoms with Crippen LogP contribution in [0.4, 0.5) is 0 Å². The summed E-state index contributed by atoms with van der Waals surface area (Å²) in [6, 6.07) is 0.954. The van der Waals surface area contributed by atoms with Crippen LogP contribution in [0, 0.1) is 0 Å². The molecule has 3 nitrogen and oxygen atoms in total. The van der Waals surface area contributed by atoms with Gasteiger partial charge in [0, 0.05) is 14.4 Å².